The molecule has 0 amide bonds. The number of carbonyl (C=O) groups is 1. The summed E-state index contributed by atoms with van der Waals surface area (Å²) in [4.78, 5) is 17.4. The Morgan fingerprint density at radius 2 is 2.06 bits per heavy atom. The molecule has 2 aromatic rings. The van der Waals surface area contributed by atoms with Crippen LogP contribution in [0.2, 0.25) is 0 Å². The molecule has 0 fully saturated rings. The number of halogens is 1. The lowest BCUT2D eigenvalue weighted by Crippen LogP contribution is -2.01. The molecule has 5 heteroatoms. The Labute approximate surface area is 90.8 Å². The molecular formula is C11H9FN2O2. The number of aromatic nitrogens is 2. The number of hydrogen-bond acceptors (Lipinski definition) is 2. The number of carboxylic acids is 1. The van der Waals surface area contributed by atoms with Crippen LogP contribution in [0.15, 0.2) is 30.6 Å². The van der Waals surface area contributed by atoms with Gasteiger partial charge in [-0.3, -0.25) is 4.79 Å². The average Bonchev–Trinajstić information content (AvgIpc) is 2.66. The highest BCUT2D eigenvalue weighted by Gasteiger charge is 2.11. The van der Waals surface area contributed by atoms with Crippen LogP contribution in [0, 0.1) is 5.82 Å². The van der Waals surface area contributed by atoms with Crippen LogP contribution in [-0.2, 0) is 11.2 Å². The molecule has 0 aliphatic carbocycles. The molecule has 16 heavy (non-hydrogen) atoms. The summed E-state index contributed by atoms with van der Waals surface area (Å²) < 4.78 is 12.7. The zero-order valence-electron chi connectivity index (χ0n) is 8.27. The van der Waals surface area contributed by atoms with Gasteiger partial charge in [-0.15, -0.1) is 0 Å². The van der Waals surface area contributed by atoms with E-state index in [0.29, 0.717) is 17.0 Å². The van der Waals surface area contributed by atoms with Crippen molar-refractivity contribution in [1.82, 2.24) is 9.97 Å². The zero-order valence-corrected chi connectivity index (χ0v) is 8.27. The summed E-state index contributed by atoms with van der Waals surface area (Å²) in [6.45, 7) is 0. The topological polar surface area (TPSA) is 66.0 Å². The van der Waals surface area contributed by atoms with Crippen molar-refractivity contribution in [3.8, 4) is 11.3 Å². The van der Waals surface area contributed by atoms with Gasteiger partial charge >= 0.3 is 5.97 Å². The molecule has 2 N–H and O–H groups in total. The predicted molar refractivity (Wildman–Crippen MR) is 55.3 cm³/mol. The molecule has 82 valence electrons. The van der Waals surface area contributed by atoms with Crippen LogP contribution < -0.4 is 0 Å². The fraction of sp³-hybridized carbons (Fsp3) is 0.0909. The van der Waals surface area contributed by atoms with Gasteiger partial charge in [-0.1, -0.05) is 0 Å². The van der Waals surface area contributed by atoms with Crippen molar-refractivity contribution >= 4 is 5.97 Å². The van der Waals surface area contributed by atoms with Crippen molar-refractivity contribution in [2.24, 2.45) is 0 Å². The number of imidazole rings is 1. The Morgan fingerprint density at radius 3 is 2.69 bits per heavy atom. The van der Waals surface area contributed by atoms with Crippen molar-refractivity contribution in [1.29, 1.82) is 0 Å². The number of carboxylic acid groups (broad SMARTS) is 1. The number of H-pyrrole nitrogens is 1. The third-order valence-corrected chi connectivity index (χ3v) is 2.16. The molecule has 0 atom stereocenters. The number of aromatic amines is 1. The molecule has 0 bridgehead atoms. The number of nitrogens with zero attached hydrogens (tertiary/aromatic N) is 1. The molecule has 4 nitrogen and oxygen atoms in total. The van der Waals surface area contributed by atoms with Gasteiger partial charge in [0.15, 0.2) is 0 Å². The highest BCUT2D eigenvalue weighted by Crippen LogP contribution is 2.20. The second-order valence-corrected chi connectivity index (χ2v) is 3.31. The lowest BCUT2D eigenvalue weighted by atomic mass is 10.1. The molecule has 1 aromatic carbocycles. The minimum absolute atomic E-state index is 0.132. The van der Waals surface area contributed by atoms with Crippen LogP contribution in [0.4, 0.5) is 4.39 Å². The smallest absolute Gasteiger partial charge is 0.309 e. The first-order chi connectivity index (χ1) is 7.66. The fourth-order valence-electron chi connectivity index (χ4n) is 1.46. The lowest BCUT2D eigenvalue weighted by Gasteiger charge is -2.00. The van der Waals surface area contributed by atoms with Gasteiger partial charge in [-0.25, -0.2) is 9.37 Å². The Balaban J connectivity index is 2.36. The summed E-state index contributed by atoms with van der Waals surface area (Å²) in [7, 11) is 0. The van der Waals surface area contributed by atoms with E-state index >= 15 is 0 Å². The highest BCUT2D eigenvalue weighted by atomic mass is 19.1. The van der Waals surface area contributed by atoms with E-state index in [1.165, 1.54) is 18.5 Å². The summed E-state index contributed by atoms with van der Waals surface area (Å²) in [5, 5.41) is 8.69. The number of hydrogen-bond donors (Lipinski definition) is 2. The number of benzene rings is 1. The van der Waals surface area contributed by atoms with Crippen molar-refractivity contribution in [2.75, 3.05) is 0 Å². The van der Waals surface area contributed by atoms with E-state index in [0.717, 1.165) is 0 Å². The minimum atomic E-state index is -0.937. The molecule has 0 aliphatic heterocycles. The van der Waals surface area contributed by atoms with Crippen LogP contribution in [0.1, 0.15) is 5.69 Å². The molecule has 0 saturated heterocycles. The Morgan fingerprint density at radius 1 is 1.38 bits per heavy atom. The average molecular weight is 220 g/mol. The number of nitrogens with one attached hydrogen (secondary N) is 1. The number of rotatable bonds is 3. The standard InChI is InChI=1S/C11H9FN2O2/c12-8-3-1-7(2-4-8)11-9(5-10(15)16)13-6-14-11/h1-4,6H,5H2,(H,13,14)(H,15,16). The zero-order chi connectivity index (χ0) is 11.5. The van der Waals surface area contributed by atoms with Crippen LogP contribution in [0.5, 0.6) is 0 Å². The monoisotopic (exact) mass is 220 g/mol. The van der Waals surface area contributed by atoms with Crippen molar-refractivity contribution < 1.29 is 14.3 Å². The molecule has 0 unspecified atom stereocenters. The van der Waals surface area contributed by atoms with E-state index in [-0.39, 0.29) is 12.2 Å². The molecule has 0 saturated carbocycles. The summed E-state index contributed by atoms with van der Waals surface area (Å²) in [6, 6.07) is 5.76. The summed E-state index contributed by atoms with van der Waals surface area (Å²) in [5.74, 6) is -1.27. The van der Waals surface area contributed by atoms with Crippen LogP contribution in [-0.4, -0.2) is 21.0 Å². The second-order valence-electron chi connectivity index (χ2n) is 3.31. The normalized spacial score (nSPS) is 10.3. The quantitative estimate of drug-likeness (QED) is 0.829. The largest absolute Gasteiger partial charge is 0.481 e. The molecule has 1 aromatic heterocycles. The maximum atomic E-state index is 12.7. The third-order valence-electron chi connectivity index (χ3n) is 2.16. The van der Waals surface area contributed by atoms with Gasteiger partial charge in [0.2, 0.25) is 0 Å². The first-order valence-corrected chi connectivity index (χ1v) is 4.67. The third kappa shape index (κ3) is 2.08. The fourth-order valence-corrected chi connectivity index (χ4v) is 1.46. The summed E-state index contributed by atoms with van der Waals surface area (Å²) >= 11 is 0. The van der Waals surface area contributed by atoms with Gasteiger partial charge in [-0.05, 0) is 24.3 Å². The number of aliphatic carboxylic acids is 1. The molecule has 0 aliphatic rings. The van der Waals surface area contributed by atoms with Gasteiger partial charge in [0, 0.05) is 5.56 Å². The highest BCUT2D eigenvalue weighted by molar-refractivity contribution is 5.73. The van der Waals surface area contributed by atoms with Crippen LogP contribution in [0.25, 0.3) is 11.3 Å². The Bertz CT molecular complexity index is 505. The van der Waals surface area contributed by atoms with Crippen LogP contribution in [0.3, 0.4) is 0 Å². The van der Waals surface area contributed by atoms with Crippen molar-refractivity contribution in [3.05, 3.63) is 42.1 Å². The SMILES string of the molecule is O=C(O)Cc1[nH]cnc1-c1ccc(F)cc1. The minimum Gasteiger partial charge on any atom is -0.481 e. The van der Waals surface area contributed by atoms with Crippen LogP contribution >= 0.6 is 0 Å². The Kier molecular flexibility index (Phi) is 2.68. The first-order valence-electron chi connectivity index (χ1n) is 4.67. The predicted octanol–water partition coefficient (Wildman–Crippen LogP) is 1.84. The van der Waals surface area contributed by atoms with Gasteiger partial charge in [0.1, 0.15) is 5.82 Å². The maximum Gasteiger partial charge on any atom is 0.309 e. The Hall–Kier alpha value is -2.17. The molecular weight excluding hydrogens is 211 g/mol. The van der Waals surface area contributed by atoms with E-state index < -0.39 is 5.97 Å². The summed E-state index contributed by atoms with van der Waals surface area (Å²) in [6.07, 6.45) is 1.30. The van der Waals surface area contributed by atoms with Crippen molar-refractivity contribution in [2.45, 2.75) is 6.42 Å². The molecule has 0 spiro atoms. The van der Waals surface area contributed by atoms with Gasteiger partial charge in [0.05, 0.1) is 24.1 Å². The van der Waals surface area contributed by atoms with E-state index in [9.17, 15) is 9.18 Å². The van der Waals surface area contributed by atoms with E-state index in [2.05, 4.69) is 9.97 Å². The molecule has 2 rings (SSSR count). The van der Waals surface area contributed by atoms with Gasteiger partial charge in [0.25, 0.3) is 0 Å². The van der Waals surface area contributed by atoms with Gasteiger partial charge < -0.3 is 10.1 Å². The van der Waals surface area contributed by atoms with Crippen molar-refractivity contribution in [3.63, 3.8) is 0 Å². The maximum absolute atomic E-state index is 12.7. The summed E-state index contributed by atoms with van der Waals surface area (Å²) in [5.41, 5.74) is 1.75. The van der Waals surface area contributed by atoms with Gasteiger partial charge in [-0.2, -0.15) is 0 Å². The lowest BCUT2D eigenvalue weighted by molar-refractivity contribution is -0.136. The van der Waals surface area contributed by atoms with E-state index in [4.69, 9.17) is 5.11 Å². The molecule has 0 radical (unpaired) electrons. The second kappa shape index (κ2) is 4.14. The first kappa shape index (κ1) is 10.4. The molecule has 1 heterocycles. The van der Waals surface area contributed by atoms with E-state index in [1.54, 1.807) is 12.1 Å². The van der Waals surface area contributed by atoms with E-state index in [1.807, 2.05) is 0 Å².